The van der Waals surface area contributed by atoms with Crippen molar-refractivity contribution in [3.8, 4) is 23.0 Å². The number of esters is 3. The second kappa shape index (κ2) is 50.3. The van der Waals surface area contributed by atoms with E-state index in [0.29, 0.717) is 76.2 Å². The molecule has 4 heterocycles. The van der Waals surface area contributed by atoms with Gasteiger partial charge in [-0.25, -0.2) is 53.5 Å². The van der Waals surface area contributed by atoms with E-state index >= 15 is 0 Å². The third-order valence-electron chi connectivity index (χ3n) is 25.0. The minimum Gasteiger partial charge on any atom is -0.870 e. The van der Waals surface area contributed by atoms with Gasteiger partial charge in [-0.05, 0) is 143 Å². The van der Waals surface area contributed by atoms with E-state index in [0.717, 1.165) is 53.9 Å². The van der Waals surface area contributed by atoms with Crippen LogP contribution in [0.5, 0.6) is 23.0 Å². The van der Waals surface area contributed by atoms with Gasteiger partial charge in [0.1, 0.15) is 64.4 Å². The predicted molar refractivity (Wildman–Crippen MR) is 476 cm³/mol. The molecule has 4 aromatic carbocycles. The van der Waals surface area contributed by atoms with Crippen molar-refractivity contribution in [2.24, 2.45) is 76.4 Å². The zero-order valence-corrected chi connectivity index (χ0v) is 77.5. The van der Waals surface area contributed by atoms with Gasteiger partial charge < -0.3 is 107 Å². The number of hydrogen-bond donors (Lipinski definition) is 12. The van der Waals surface area contributed by atoms with Gasteiger partial charge in [0, 0.05) is 155 Å². The summed E-state index contributed by atoms with van der Waals surface area (Å²) in [6.45, 7) is 0. The molecule has 0 aliphatic heterocycles. The molecular weight excluding hydrogens is 1850 g/mol. The van der Waals surface area contributed by atoms with Gasteiger partial charge >= 0.3 is 60.6 Å². The van der Waals surface area contributed by atoms with Crippen LogP contribution in [0.3, 0.4) is 0 Å². The molecular formula is C94H115F10LiN8O26. The topological polar surface area (TPSA) is 582 Å². The average molecular weight is 1970 g/mol. The SMILES string of the molecule is COC(=O)[C@@H](CC(=O)c1cc2c(OC)cccc2[nH]1)CC1CC1(F)F.COC(=O)[C@@H](N)C[C@@H]1CCCCC1=O.COC(=O)[C@H](C[C@@H]1CCCCC1=O)NC(=O)[C@@H](CC(=O)c1cc2c(OC)cccc2[nH]1)CC1CC1(F)F.COc1cccc2[nH]c(C(=O)C[C@@H](CC3CC3(F)F)C(=O)O)cc12.COc1cccc2[nH]c(C(=O)O)cc12.N[C@@H](CC1CC1(F)F)C(=O)O.N[C@@H](CC1CC1(F)F)C(=O)O.O.[Li+].[OH-]. The maximum absolute atomic E-state index is 13.8. The van der Waals surface area contributed by atoms with Crippen molar-refractivity contribution in [2.45, 2.75) is 201 Å². The molecule has 0 saturated heterocycles. The molecule has 1 amide bonds. The summed E-state index contributed by atoms with van der Waals surface area (Å²) in [5, 5.41) is 40.0. The van der Waals surface area contributed by atoms with Crippen LogP contribution in [0.1, 0.15) is 190 Å². The maximum atomic E-state index is 13.8. The first-order valence-corrected chi connectivity index (χ1v) is 43.9. The van der Waals surface area contributed by atoms with Gasteiger partial charge in [-0.1, -0.05) is 37.1 Å². The normalized spacial score (nSPS) is 21.0. The number of carbonyl (C=O) groups is 13. The largest absolute Gasteiger partial charge is 1.00 e. The number of aromatic nitrogens is 4. The summed E-state index contributed by atoms with van der Waals surface area (Å²) in [5.41, 5.74) is 19.5. The smallest absolute Gasteiger partial charge is 0.870 e. The van der Waals surface area contributed by atoms with E-state index in [4.69, 9.17) is 56.2 Å². The molecule has 14 atom stereocenters. The van der Waals surface area contributed by atoms with Crippen molar-refractivity contribution < 1.29 is 190 Å². The summed E-state index contributed by atoms with van der Waals surface area (Å²) < 4.78 is 163. The Hall–Kier alpha value is -12.0. The Morgan fingerprint density at radius 1 is 0.388 bits per heavy atom. The first kappa shape index (κ1) is 116. The van der Waals surface area contributed by atoms with Crippen LogP contribution in [-0.2, 0) is 57.4 Å². The number of aromatic amines is 4. The Bertz CT molecular complexity index is 5610. The van der Waals surface area contributed by atoms with Crippen LogP contribution in [0.4, 0.5) is 43.9 Å². The fourth-order valence-electron chi connectivity index (χ4n) is 16.3. The number of ether oxygens (including phenoxy) is 7. The first-order chi connectivity index (χ1) is 64.0. The van der Waals surface area contributed by atoms with E-state index in [2.05, 4.69) is 34.7 Å². The fourth-order valence-corrected chi connectivity index (χ4v) is 16.3. The number of ketones is 5. The Kier molecular flexibility index (Phi) is 41.9. The molecule has 7 aliphatic rings. The predicted octanol–water partition coefficient (Wildman–Crippen LogP) is 10.7. The van der Waals surface area contributed by atoms with Gasteiger partial charge in [-0.3, -0.25) is 52.7 Å². The van der Waals surface area contributed by atoms with Gasteiger partial charge in [0.15, 0.2) is 17.3 Å². The number of methoxy groups -OCH3 is 7. The van der Waals surface area contributed by atoms with Crippen LogP contribution in [0.25, 0.3) is 43.6 Å². The second-order valence-electron chi connectivity index (χ2n) is 34.9. The number of rotatable bonds is 36. The number of aromatic carboxylic acids is 1. The average Bonchev–Trinajstić information content (AvgIpc) is 1.63. The fraction of sp³-hybridized carbons (Fsp3) is 0.521. The van der Waals surface area contributed by atoms with Crippen molar-refractivity contribution >= 4 is 120 Å². The van der Waals surface area contributed by atoms with Crippen LogP contribution in [-0.4, -0.2) is 231 Å². The summed E-state index contributed by atoms with van der Waals surface area (Å²) >= 11 is 0. The Balaban J connectivity index is 0.000000259. The molecule has 15 rings (SSSR count). The number of fused-ring (bicyclic) bond motifs is 4. The third kappa shape index (κ3) is 32.3. The van der Waals surface area contributed by atoms with E-state index in [1.165, 1.54) is 42.7 Å². The monoisotopic (exact) mass is 1970 g/mol. The van der Waals surface area contributed by atoms with E-state index in [9.17, 15) is 111 Å². The molecule has 0 bridgehead atoms. The van der Waals surface area contributed by atoms with Crippen molar-refractivity contribution in [2.75, 3.05) is 49.8 Å². The van der Waals surface area contributed by atoms with Gasteiger partial charge in [-0.2, -0.15) is 0 Å². The van der Waals surface area contributed by atoms with Gasteiger partial charge in [0.05, 0.1) is 78.7 Å². The minimum atomic E-state index is -2.87. The number of H-pyrrole nitrogens is 4. The van der Waals surface area contributed by atoms with Crippen LogP contribution < -0.4 is 60.3 Å². The molecule has 7 fully saturated rings. The zero-order valence-electron chi connectivity index (χ0n) is 77.5. The van der Waals surface area contributed by atoms with Crippen LogP contribution >= 0.6 is 0 Å². The number of halogens is 10. The van der Waals surface area contributed by atoms with Crippen molar-refractivity contribution in [1.29, 1.82) is 0 Å². The molecule has 7 saturated carbocycles. The van der Waals surface area contributed by atoms with Crippen LogP contribution in [0, 0.1) is 59.2 Å². The van der Waals surface area contributed by atoms with Gasteiger partial charge in [-0.15, -0.1) is 0 Å². The summed E-state index contributed by atoms with van der Waals surface area (Å²) in [4.78, 5) is 164. The number of aliphatic carboxylic acids is 3. The van der Waals surface area contributed by atoms with Crippen molar-refractivity contribution in [3.05, 3.63) is 120 Å². The standard InChI is InChI=1S/C27H32F2N2O6.C18H19F2NO4.C17H17F2NO4.C10H9NO3.C10H17NO3.2C6H9F2NO2.Li.2H2O/c1-36-24-9-5-7-19-18(24)13-20(30-19)23(33)12-16(10-17-14-27(17,28)29)25(34)31-21(26(35)37-2)11-15-6-3-4-8-22(15)32;1-24-16-5-3-4-13-12(16)8-14(21-13)15(22)7-10(17(23)25-2)6-11-9-18(11,19)20;1-24-15-4-2-3-12-11(15)7-13(20-12)14(21)6-9(16(22)23)5-10-8-17(10,18)19;1-14-9-4-2-3-7-6(9)5-8(11-7)10(12)13;1-14-10(13)8(11)6-7-4-2-3-5-9(7)12;2*7-6(8)2-3(6)1-4(9)5(10)11;;;/h5,7,9,13,15-17,21,30H,3-4,6,8,10-12,14H2,1-2H3,(H,31,34);3-5,8,10-11,21H,6-7,9H2,1-2H3;2-4,7,9-10,20H,5-6,8H2,1H3,(H,22,23);2-5,11H,1H3,(H,12,13);7-8H,2-6,11H2,1H3;2*3-4H,1-2,9H2,(H,10,11);;2*1H2/q;;;;;;;+1;;/p-1/t15-,16+,17?,21-;10-,11?;9-,10?;;7-,8-;2*3?,4-;;;/m011.000.../s1. The molecule has 0 spiro atoms. The molecule has 7 aliphatic carbocycles. The number of hydrogen-bond acceptors (Lipinski definition) is 24. The molecule has 758 valence electrons. The van der Waals surface area contributed by atoms with Gasteiger partial charge in [0.2, 0.25) is 5.91 Å². The maximum Gasteiger partial charge on any atom is 1.00 e. The molecule has 5 unspecified atom stereocenters. The second-order valence-corrected chi connectivity index (χ2v) is 34.9. The van der Waals surface area contributed by atoms with E-state index in [1.54, 1.807) is 92.0 Å². The summed E-state index contributed by atoms with van der Waals surface area (Å²) in [6.07, 6.45) is 3.97. The number of carbonyl (C=O) groups excluding carboxylic acids is 9. The van der Waals surface area contributed by atoms with Crippen molar-refractivity contribution in [1.82, 2.24) is 25.3 Å². The molecule has 18 N–H and O–H groups in total. The molecule has 34 nitrogen and oxygen atoms in total. The third-order valence-corrected chi connectivity index (χ3v) is 25.0. The number of amides is 1. The van der Waals surface area contributed by atoms with Crippen molar-refractivity contribution in [3.63, 3.8) is 0 Å². The Morgan fingerprint density at radius 2 is 0.676 bits per heavy atom. The Morgan fingerprint density at radius 3 is 0.971 bits per heavy atom. The molecule has 4 aromatic heterocycles. The van der Waals surface area contributed by atoms with Gasteiger partial charge in [0.25, 0.3) is 29.6 Å². The Labute approximate surface area is 801 Å². The number of carboxylic acid groups (broad SMARTS) is 4. The van der Waals surface area contributed by atoms with E-state index in [1.807, 2.05) is 12.1 Å². The molecule has 45 heteroatoms. The number of Topliss-reactive ketones (excluding diaryl/α,β-unsaturated/α-hetero) is 5. The number of carboxylic acids is 4. The number of nitrogens with one attached hydrogen (secondary N) is 5. The minimum absolute atomic E-state index is 0. The van der Waals surface area contributed by atoms with Crippen LogP contribution in [0.2, 0.25) is 0 Å². The quantitative estimate of drug-likeness (QED) is 0.00570. The van der Waals surface area contributed by atoms with E-state index in [-0.39, 0.29) is 166 Å². The molecule has 0 radical (unpaired) electrons. The summed E-state index contributed by atoms with van der Waals surface area (Å²) in [5.74, 6) is -27.1. The molecule has 8 aromatic rings. The summed E-state index contributed by atoms with van der Waals surface area (Å²) in [7, 11) is 9.80. The molecule has 139 heavy (non-hydrogen) atoms. The number of nitrogens with two attached hydrogens (primary N) is 3. The van der Waals surface area contributed by atoms with E-state index < -0.39 is 160 Å². The number of alkyl halides is 10. The number of benzene rings is 4. The van der Waals surface area contributed by atoms with Crippen LogP contribution in [0.15, 0.2) is 97.1 Å². The zero-order chi connectivity index (χ0) is 100. The summed E-state index contributed by atoms with van der Waals surface area (Å²) in [6, 6.07) is 23.7. The first-order valence-electron chi connectivity index (χ1n) is 43.9.